The molecule has 1 aromatic heterocycles. The predicted octanol–water partition coefficient (Wildman–Crippen LogP) is 1.83. The van der Waals surface area contributed by atoms with Crippen LogP contribution in [0.15, 0.2) is 18.5 Å². The lowest BCUT2D eigenvalue weighted by Gasteiger charge is -2.22. The molecule has 0 aromatic carbocycles. The minimum atomic E-state index is 0.387. The molecule has 1 unspecified atom stereocenters. The Kier molecular flexibility index (Phi) is 5.29. The zero-order chi connectivity index (χ0) is 14.3. The quantitative estimate of drug-likeness (QED) is 0.897. The van der Waals surface area contributed by atoms with Gasteiger partial charge in [0.25, 0.3) is 0 Å². The molecule has 0 amide bonds. The summed E-state index contributed by atoms with van der Waals surface area (Å²) in [6.45, 7) is 5.85. The number of anilines is 1. The van der Waals surface area contributed by atoms with E-state index in [4.69, 9.17) is 9.47 Å². The molecule has 2 fully saturated rings. The Balaban J connectivity index is 1.52. The largest absolute Gasteiger partial charge is 0.492 e. The summed E-state index contributed by atoms with van der Waals surface area (Å²) in [5.74, 6) is 0.864. The van der Waals surface area contributed by atoms with Crippen LogP contribution in [0.5, 0.6) is 5.75 Å². The van der Waals surface area contributed by atoms with Crippen molar-refractivity contribution in [3.63, 3.8) is 0 Å². The lowest BCUT2D eigenvalue weighted by Crippen LogP contribution is -2.27. The first kappa shape index (κ1) is 14.6. The topological polar surface area (TPSA) is 46.6 Å². The third-order valence-corrected chi connectivity index (χ3v) is 4.14. The second-order valence-corrected chi connectivity index (χ2v) is 5.74. The van der Waals surface area contributed by atoms with Crippen molar-refractivity contribution >= 4 is 5.69 Å². The van der Waals surface area contributed by atoms with E-state index in [1.165, 1.54) is 19.3 Å². The van der Waals surface area contributed by atoms with E-state index in [9.17, 15) is 0 Å². The molecule has 5 heteroatoms. The molecular weight excluding hydrogens is 266 g/mol. The Hall–Kier alpha value is -1.33. The number of pyridine rings is 1. The Morgan fingerprint density at radius 2 is 2.29 bits per heavy atom. The molecule has 3 rings (SSSR count). The summed E-state index contributed by atoms with van der Waals surface area (Å²) in [5, 5.41) is 3.42. The zero-order valence-corrected chi connectivity index (χ0v) is 12.6. The van der Waals surface area contributed by atoms with Crippen LogP contribution in [0.25, 0.3) is 0 Å². The standard InChI is InChI=1S/C16H25N3O2/c1-3-15(20-9-1)4-10-21-16-11-14(12-18-13-16)19-7-2-5-17-6-8-19/h11-13,15,17H,1-10H2. The van der Waals surface area contributed by atoms with Crippen LogP contribution in [0.1, 0.15) is 25.7 Å². The van der Waals surface area contributed by atoms with Crippen LogP contribution in [-0.4, -0.2) is 50.5 Å². The smallest absolute Gasteiger partial charge is 0.139 e. The first-order valence-electron chi connectivity index (χ1n) is 8.07. The van der Waals surface area contributed by atoms with Gasteiger partial charge in [-0.1, -0.05) is 0 Å². The molecule has 21 heavy (non-hydrogen) atoms. The van der Waals surface area contributed by atoms with E-state index in [-0.39, 0.29) is 0 Å². The molecule has 0 aliphatic carbocycles. The van der Waals surface area contributed by atoms with E-state index in [2.05, 4.69) is 21.3 Å². The van der Waals surface area contributed by atoms with Crippen LogP contribution in [0, 0.1) is 0 Å². The van der Waals surface area contributed by atoms with Gasteiger partial charge in [0, 0.05) is 38.7 Å². The summed E-state index contributed by atoms with van der Waals surface area (Å²) in [6, 6.07) is 2.10. The van der Waals surface area contributed by atoms with Crippen LogP contribution in [0.4, 0.5) is 5.69 Å². The molecule has 1 aromatic rings. The van der Waals surface area contributed by atoms with Crippen molar-refractivity contribution in [2.45, 2.75) is 31.8 Å². The minimum absolute atomic E-state index is 0.387. The van der Waals surface area contributed by atoms with Gasteiger partial charge in [0.1, 0.15) is 5.75 Å². The third-order valence-electron chi connectivity index (χ3n) is 4.14. The van der Waals surface area contributed by atoms with Crippen LogP contribution in [0.2, 0.25) is 0 Å². The van der Waals surface area contributed by atoms with Crippen LogP contribution in [-0.2, 0) is 4.74 Å². The molecule has 116 valence electrons. The second-order valence-electron chi connectivity index (χ2n) is 5.74. The lowest BCUT2D eigenvalue weighted by molar-refractivity contribution is 0.0903. The summed E-state index contributed by atoms with van der Waals surface area (Å²) in [7, 11) is 0. The van der Waals surface area contributed by atoms with Gasteiger partial charge < -0.3 is 19.7 Å². The highest BCUT2D eigenvalue weighted by Crippen LogP contribution is 2.21. The van der Waals surface area contributed by atoms with E-state index < -0.39 is 0 Å². The van der Waals surface area contributed by atoms with Crippen molar-refractivity contribution in [3.8, 4) is 5.75 Å². The van der Waals surface area contributed by atoms with Gasteiger partial charge in [0.2, 0.25) is 0 Å². The van der Waals surface area contributed by atoms with Gasteiger partial charge in [-0.05, 0) is 25.8 Å². The fourth-order valence-corrected chi connectivity index (χ4v) is 2.94. The van der Waals surface area contributed by atoms with Crippen molar-refractivity contribution in [3.05, 3.63) is 18.5 Å². The van der Waals surface area contributed by atoms with Crippen molar-refractivity contribution in [2.75, 3.05) is 44.3 Å². The van der Waals surface area contributed by atoms with E-state index in [0.717, 1.165) is 50.6 Å². The van der Waals surface area contributed by atoms with Gasteiger partial charge in [0.05, 0.1) is 30.8 Å². The third kappa shape index (κ3) is 4.32. The fraction of sp³-hybridized carbons (Fsp3) is 0.688. The molecule has 3 heterocycles. The highest BCUT2D eigenvalue weighted by molar-refractivity contribution is 5.48. The van der Waals surface area contributed by atoms with Gasteiger partial charge in [-0.3, -0.25) is 4.98 Å². The Morgan fingerprint density at radius 1 is 1.29 bits per heavy atom. The average Bonchev–Trinajstić information content (AvgIpc) is 2.88. The van der Waals surface area contributed by atoms with E-state index in [0.29, 0.717) is 12.7 Å². The van der Waals surface area contributed by atoms with Crippen LogP contribution >= 0.6 is 0 Å². The highest BCUT2D eigenvalue weighted by Gasteiger charge is 2.15. The number of ether oxygens (including phenoxy) is 2. The molecule has 2 saturated heterocycles. The van der Waals surface area contributed by atoms with Gasteiger partial charge in [0.15, 0.2) is 0 Å². The van der Waals surface area contributed by atoms with Gasteiger partial charge in [-0.2, -0.15) is 0 Å². The SMILES string of the molecule is c1ncc(N2CCCNCC2)cc1OCCC1CCCO1. The molecular formula is C16H25N3O2. The number of nitrogens with one attached hydrogen (secondary N) is 1. The molecule has 0 radical (unpaired) electrons. The van der Waals surface area contributed by atoms with Crippen molar-refractivity contribution in [1.82, 2.24) is 10.3 Å². The number of rotatable bonds is 5. The molecule has 1 atom stereocenters. The summed E-state index contributed by atoms with van der Waals surface area (Å²) in [6.07, 6.45) is 8.61. The van der Waals surface area contributed by atoms with Crippen LogP contribution in [0.3, 0.4) is 0 Å². The summed E-state index contributed by atoms with van der Waals surface area (Å²) in [5.41, 5.74) is 1.16. The predicted molar refractivity (Wildman–Crippen MR) is 83.0 cm³/mol. The first-order valence-corrected chi connectivity index (χ1v) is 8.07. The van der Waals surface area contributed by atoms with E-state index >= 15 is 0 Å². The molecule has 1 N–H and O–H groups in total. The van der Waals surface area contributed by atoms with Crippen LogP contribution < -0.4 is 15.0 Å². The van der Waals surface area contributed by atoms with Crippen molar-refractivity contribution in [1.29, 1.82) is 0 Å². The second kappa shape index (κ2) is 7.61. The van der Waals surface area contributed by atoms with Crippen molar-refractivity contribution < 1.29 is 9.47 Å². The summed E-state index contributed by atoms with van der Waals surface area (Å²) < 4.78 is 11.5. The number of nitrogens with zero attached hydrogens (tertiary/aromatic N) is 2. The van der Waals surface area contributed by atoms with Crippen molar-refractivity contribution in [2.24, 2.45) is 0 Å². The lowest BCUT2D eigenvalue weighted by atomic mass is 10.2. The Morgan fingerprint density at radius 3 is 3.19 bits per heavy atom. The molecule has 5 nitrogen and oxygen atoms in total. The molecule has 0 spiro atoms. The molecule has 0 bridgehead atoms. The zero-order valence-electron chi connectivity index (χ0n) is 12.6. The maximum absolute atomic E-state index is 5.85. The molecule has 2 aliphatic rings. The fourth-order valence-electron chi connectivity index (χ4n) is 2.94. The Labute approximate surface area is 126 Å². The maximum atomic E-state index is 5.85. The number of hydrogen-bond acceptors (Lipinski definition) is 5. The van der Waals surface area contributed by atoms with Gasteiger partial charge in [-0.15, -0.1) is 0 Å². The average molecular weight is 291 g/mol. The molecule has 2 aliphatic heterocycles. The highest BCUT2D eigenvalue weighted by atomic mass is 16.5. The summed E-state index contributed by atoms with van der Waals surface area (Å²) in [4.78, 5) is 6.70. The van der Waals surface area contributed by atoms with E-state index in [1.54, 1.807) is 6.20 Å². The monoisotopic (exact) mass is 291 g/mol. The minimum Gasteiger partial charge on any atom is -0.492 e. The Bertz CT molecular complexity index is 427. The number of aromatic nitrogens is 1. The molecule has 0 saturated carbocycles. The number of hydrogen-bond donors (Lipinski definition) is 1. The van der Waals surface area contributed by atoms with E-state index in [1.807, 2.05) is 6.20 Å². The first-order chi connectivity index (χ1) is 10.4. The summed E-state index contributed by atoms with van der Waals surface area (Å²) >= 11 is 0. The van der Waals surface area contributed by atoms with Gasteiger partial charge in [-0.25, -0.2) is 0 Å². The van der Waals surface area contributed by atoms with Gasteiger partial charge >= 0.3 is 0 Å². The normalized spacial score (nSPS) is 23.0. The maximum Gasteiger partial charge on any atom is 0.139 e.